The number of amides is 5. The molecule has 0 radical (unpaired) electrons. The number of pyridine rings is 3. The maximum atomic E-state index is 13.7. The molecule has 8 aromatic carbocycles. The molecule has 121 heavy (non-hydrogen) atoms. The zero-order valence-electron chi connectivity index (χ0n) is 63.6. The van der Waals surface area contributed by atoms with E-state index < -0.39 is 29.3 Å². The summed E-state index contributed by atoms with van der Waals surface area (Å²) >= 11 is 18.4. The minimum absolute atomic E-state index is 0.127. The number of hydrogen-bond donors (Lipinski definition) is 5. The molecule has 0 aliphatic carbocycles. The largest absolute Gasteiger partial charge is 0.456 e. The van der Waals surface area contributed by atoms with E-state index in [1.165, 1.54) is 99.1 Å². The Morgan fingerprint density at radius 1 is 0.314 bits per heavy atom. The average molecular weight is 1680 g/mol. The van der Waals surface area contributed by atoms with Gasteiger partial charge in [-0.15, -0.1) is 6.42 Å². The van der Waals surface area contributed by atoms with Crippen LogP contribution in [-0.4, -0.2) is 84.4 Å². The Kier molecular flexibility index (Phi) is 30.7. The van der Waals surface area contributed by atoms with Crippen molar-refractivity contribution in [2.75, 3.05) is 26.6 Å². The van der Waals surface area contributed by atoms with Crippen LogP contribution in [-0.2, 0) is 0 Å². The highest BCUT2D eigenvalue weighted by atomic mass is 35.5. The molecule has 0 atom stereocenters. The van der Waals surface area contributed by atoms with E-state index in [0.717, 1.165) is 41.1 Å². The van der Waals surface area contributed by atoms with Crippen molar-refractivity contribution < 1.29 is 60.8 Å². The quantitative estimate of drug-likeness (QED) is 0.0443. The first-order valence-corrected chi connectivity index (χ1v) is 36.8. The molecule has 0 saturated heterocycles. The summed E-state index contributed by atoms with van der Waals surface area (Å²) in [5, 5.41) is 14.8. The normalized spacial score (nSPS) is 10.2. The average Bonchev–Trinajstić information content (AvgIpc) is 0.855. The van der Waals surface area contributed by atoms with E-state index in [-0.39, 0.29) is 52.0 Å². The number of ether oxygens (including phenoxy) is 5. The van der Waals surface area contributed by atoms with Gasteiger partial charge in [-0.25, -0.2) is 53.0 Å². The molecule has 5 amide bonds. The molecule has 0 bridgehead atoms. The molecule has 15 aromatic rings. The fourth-order valence-corrected chi connectivity index (χ4v) is 11.0. The summed E-state index contributed by atoms with van der Waals surface area (Å²) in [5.74, 6) is 2.96. The molecule has 0 saturated carbocycles. The lowest BCUT2D eigenvalue weighted by molar-refractivity contribution is 0.101. The molecular weight excluding hydrogens is 1620 g/mol. The number of halogens is 6. The van der Waals surface area contributed by atoms with Gasteiger partial charge in [0.25, 0.3) is 29.5 Å². The monoisotopic (exact) mass is 1680 g/mol. The summed E-state index contributed by atoms with van der Waals surface area (Å²) in [6, 6.07) is 54.8. The first-order valence-electron chi connectivity index (χ1n) is 35.7. The minimum Gasteiger partial charge on any atom is -0.456 e. The number of rotatable bonds is 20. The van der Waals surface area contributed by atoms with Crippen LogP contribution in [0.4, 0.5) is 41.6 Å². The number of carbonyl (C=O) groups is 5. The Labute approximate surface area is 704 Å². The van der Waals surface area contributed by atoms with Gasteiger partial charge in [-0.05, 0) is 142 Å². The fourth-order valence-electron chi connectivity index (χ4n) is 10.4. The van der Waals surface area contributed by atoms with E-state index in [1.807, 2.05) is 69.3 Å². The maximum Gasteiger partial charge on any atom is 0.274 e. The van der Waals surface area contributed by atoms with Crippen LogP contribution in [0.3, 0.4) is 0 Å². The molecule has 5 N–H and O–H groups in total. The third-order valence-corrected chi connectivity index (χ3v) is 16.2. The summed E-state index contributed by atoms with van der Waals surface area (Å²) in [6.45, 7) is 5.78. The molecule has 0 aliphatic rings. The third-order valence-electron chi connectivity index (χ3n) is 15.6. The maximum absolute atomic E-state index is 13.7. The highest BCUT2D eigenvalue weighted by Crippen LogP contribution is 2.33. The van der Waals surface area contributed by atoms with E-state index in [0.29, 0.717) is 100 Å². The highest BCUT2D eigenvalue weighted by Gasteiger charge is 2.17. The fraction of sp³-hybridized carbons (Fsp3) is 0.0337. The number of nitrogens with one attached hydrogen (secondary N) is 5. The molecule has 15 rings (SSSR count). The van der Waals surface area contributed by atoms with Gasteiger partial charge in [-0.1, -0.05) is 88.2 Å². The van der Waals surface area contributed by atoms with Gasteiger partial charge in [-0.2, -0.15) is 0 Å². The number of aromatic nitrogens is 11. The van der Waals surface area contributed by atoms with Crippen molar-refractivity contribution in [3.63, 3.8) is 0 Å². The molecule has 26 nitrogen and oxygen atoms in total. The third kappa shape index (κ3) is 28.2. The lowest BCUT2D eigenvalue weighted by Gasteiger charge is -2.10. The SMILES string of the molecule is C#Cc1cccc(C(=O)Nc2cc(Cl)cc(Oc3cncnc3)c2)c1.Cc1cccc(C(=O)Nc2cc(Cl)cc(Oc3ccc(C)nc3)c2)c1.Cc1cccc(C(=O)Nc2cc(Cl)cc(Oc3cncnc3)c2)c1.O=C(Nc1cc(F)cc(Oc2cncnc2)c1)c1cc(F)ccn1.O=C(Nc1cc(F)cc(Oc2cncnc2)c1)c1ccccn1. The topological polar surface area (TPSA) is 333 Å². The summed E-state index contributed by atoms with van der Waals surface area (Å²) in [6.07, 6.45) is 27.0. The molecule has 7 aromatic heterocycles. The zero-order valence-corrected chi connectivity index (χ0v) is 65.9. The van der Waals surface area contributed by atoms with E-state index in [1.54, 1.807) is 128 Å². The van der Waals surface area contributed by atoms with Crippen LogP contribution in [0, 0.1) is 50.6 Å². The van der Waals surface area contributed by atoms with Gasteiger partial charge in [-0.3, -0.25) is 38.9 Å². The van der Waals surface area contributed by atoms with Gasteiger partial charge < -0.3 is 50.3 Å². The van der Waals surface area contributed by atoms with Crippen molar-refractivity contribution in [3.8, 4) is 69.8 Å². The van der Waals surface area contributed by atoms with Gasteiger partial charge in [0, 0.05) is 132 Å². The highest BCUT2D eigenvalue weighted by molar-refractivity contribution is 6.32. The number of terminal acetylenes is 1. The van der Waals surface area contributed by atoms with Gasteiger partial charge in [0.2, 0.25) is 0 Å². The van der Waals surface area contributed by atoms with Gasteiger partial charge >= 0.3 is 0 Å². The van der Waals surface area contributed by atoms with Gasteiger partial charge in [0.15, 0.2) is 23.0 Å². The Morgan fingerprint density at radius 2 is 0.678 bits per heavy atom. The zero-order chi connectivity index (χ0) is 85.4. The molecule has 7 heterocycles. The van der Waals surface area contributed by atoms with Crippen molar-refractivity contribution in [2.24, 2.45) is 0 Å². The lowest BCUT2D eigenvalue weighted by Crippen LogP contribution is -2.14. The van der Waals surface area contributed by atoms with E-state index in [4.69, 9.17) is 64.9 Å². The van der Waals surface area contributed by atoms with E-state index in [9.17, 15) is 37.1 Å². The molecule has 0 fully saturated rings. The van der Waals surface area contributed by atoms with Crippen LogP contribution >= 0.6 is 34.8 Å². The van der Waals surface area contributed by atoms with E-state index in [2.05, 4.69) is 87.3 Å². The molecule has 602 valence electrons. The predicted octanol–water partition coefficient (Wildman–Crippen LogP) is 20.3. The van der Waals surface area contributed by atoms with Crippen LogP contribution in [0.1, 0.15) is 74.4 Å². The van der Waals surface area contributed by atoms with E-state index >= 15 is 0 Å². The van der Waals surface area contributed by atoms with Crippen LogP contribution in [0.15, 0.2) is 300 Å². The second-order valence-electron chi connectivity index (χ2n) is 25.1. The number of hydrogen-bond acceptors (Lipinski definition) is 21. The minimum atomic E-state index is -0.672. The second kappa shape index (κ2) is 43.2. The molecule has 0 spiro atoms. The van der Waals surface area contributed by atoms with Gasteiger partial charge in [0.1, 0.15) is 88.6 Å². The summed E-state index contributed by atoms with van der Waals surface area (Å²) < 4.78 is 68.5. The van der Waals surface area contributed by atoms with Crippen molar-refractivity contribution >= 4 is 92.8 Å². The lowest BCUT2D eigenvalue weighted by atomic mass is 10.1. The number of benzene rings is 8. The second-order valence-corrected chi connectivity index (χ2v) is 26.4. The number of nitrogens with zero attached hydrogens (tertiary/aromatic N) is 11. The van der Waals surface area contributed by atoms with Crippen molar-refractivity contribution in [1.29, 1.82) is 0 Å². The van der Waals surface area contributed by atoms with Gasteiger partial charge in [0.05, 0.1) is 55.8 Å². The summed E-state index contributed by atoms with van der Waals surface area (Å²) in [5.41, 5.74) is 7.30. The standard InChI is InChI=1S/C20H17ClN2O2.C19H12ClN3O2.C18H14ClN3O2.C16H10F2N4O2.C16H11FN4O2/c1-13-4-3-5-15(8-13)20(24)23-17-9-16(21)10-19(11-17)25-18-7-6-14(2)22-12-18;1-2-13-4-3-5-14(6-13)19(24)23-16-7-15(20)8-17(9-16)25-18-10-21-12-22-11-18;1-12-3-2-4-13(5-12)18(23)22-15-6-14(19)7-16(8-15)24-17-9-20-11-21-10-17;17-10-1-2-21-15(5-10)16(23)22-12-3-11(18)4-13(6-12)24-14-7-19-9-20-8-14;17-11-5-12(21-16(22)15-3-1-2-4-20-15)7-13(6-11)23-14-8-18-10-19-9-14/h3-12H,1-2H3,(H,23,24);1,3-12H,(H,23,24);2-11H,1H3,(H,22,23);1-9H,(H,22,23);1-10H,(H,21,22). The number of carbonyl (C=O) groups excluding carboxylic acids is 5. The Hall–Kier alpha value is -15.9. The Morgan fingerprint density at radius 3 is 1.05 bits per heavy atom. The first kappa shape index (κ1) is 86.0. The smallest absolute Gasteiger partial charge is 0.274 e. The number of anilines is 5. The molecule has 0 aliphatic heterocycles. The van der Waals surface area contributed by atoms with Crippen molar-refractivity contribution in [2.45, 2.75) is 20.8 Å². The Balaban J connectivity index is 0.000000148. The van der Waals surface area contributed by atoms with Crippen molar-refractivity contribution in [1.82, 2.24) is 54.8 Å². The van der Waals surface area contributed by atoms with Crippen molar-refractivity contribution in [3.05, 3.63) is 383 Å². The van der Waals surface area contributed by atoms with Crippen LogP contribution in [0.25, 0.3) is 0 Å². The summed E-state index contributed by atoms with van der Waals surface area (Å²) in [4.78, 5) is 104. The van der Waals surface area contributed by atoms with Crippen LogP contribution in [0.5, 0.6) is 57.5 Å². The molecular formula is C89H64Cl3F3N16O10. The summed E-state index contributed by atoms with van der Waals surface area (Å²) in [7, 11) is 0. The molecule has 0 unspecified atom stereocenters. The molecule has 32 heteroatoms. The predicted molar refractivity (Wildman–Crippen MR) is 450 cm³/mol. The van der Waals surface area contributed by atoms with Crippen LogP contribution in [0.2, 0.25) is 15.1 Å². The van der Waals surface area contributed by atoms with Crippen LogP contribution < -0.4 is 50.3 Å². The number of aryl methyl sites for hydroxylation is 3. The first-order chi connectivity index (χ1) is 58.5. The Bertz CT molecular complexity index is 6010.